The second-order valence-electron chi connectivity index (χ2n) is 5.48. The topological polar surface area (TPSA) is 101 Å². The number of hydrogen-bond donors (Lipinski definition) is 1. The molecule has 128 valence electrons. The van der Waals surface area contributed by atoms with Crippen LogP contribution in [0.1, 0.15) is 16.1 Å². The average molecular weight is 345 g/mol. The Balaban J connectivity index is 1.70. The van der Waals surface area contributed by atoms with Gasteiger partial charge in [-0.1, -0.05) is 48.5 Å². The van der Waals surface area contributed by atoms with Crippen LogP contribution in [0, 0.1) is 17.2 Å². The van der Waals surface area contributed by atoms with E-state index in [1.807, 2.05) is 48.5 Å². The summed E-state index contributed by atoms with van der Waals surface area (Å²) in [6, 6.07) is 20.0. The predicted molar refractivity (Wildman–Crippen MR) is 93.1 cm³/mol. The smallest absolute Gasteiger partial charge is 0.245 e. The van der Waals surface area contributed by atoms with Crippen LogP contribution in [0.25, 0.3) is 5.69 Å². The molecule has 0 bridgehead atoms. The number of aromatic nitrogens is 3. The van der Waals surface area contributed by atoms with Crippen molar-refractivity contribution in [1.29, 1.82) is 5.26 Å². The number of carbonyl (C=O) groups excluding carboxylic acids is 2. The van der Waals surface area contributed by atoms with Crippen molar-refractivity contribution in [3.05, 3.63) is 78.1 Å². The van der Waals surface area contributed by atoms with Crippen molar-refractivity contribution in [3.63, 3.8) is 0 Å². The number of hydrogen-bond acceptors (Lipinski definition) is 5. The van der Waals surface area contributed by atoms with Crippen LogP contribution >= 0.6 is 0 Å². The van der Waals surface area contributed by atoms with Crippen LogP contribution in [0.4, 0.5) is 0 Å². The van der Waals surface area contributed by atoms with Crippen molar-refractivity contribution in [2.75, 3.05) is 0 Å². The van der Waals surface area contributed by atoms with Crippen LogP contribution in [0.2, 0.25) is 0 Å². The molecule has 3 aromatic rings. The normalized spacial score (nSPS) is 11.3. The second kappa shape index (κ2) is 7.85. The number of Topliss-reactive ketones (excluding diaryl/α,β-unsaturated/α-hetero) is 1. The summed E-state index contributed by atoms with van der Waals surface area (Å²) in [5, 5.41) is 20.0. The Morgan fingerprint density at radius 1 is 1.08 bits per heavy atom. The molecule has 0 aliphatic heterocycles. The number of para-hydroxylation sites is 1. The summed E-state index contributed by atoms with van der Waals surface area (Å²) >= 11 is 0. The maximum Gasteiger partial charge on any atom is 0.245 e. The summed E-state index contributed by atoms with van der Waals surface area (Å²) in [7, 11) is 0. The van der Waals surface area contributed by atoms with Gasteiger partial charge in [-0.25, -0.2) is 0 Å². The molecule has 0 fully saturated rings. The fraction of sp³-hybridized carbons (Fsp3) is 0.105. The summed E-state index contributed by atoms with van der Waals surface area (Å²) < 4.78 is 0. The van der Waals surface area contributed by atoms with E-state index in [0.29, 0.717) is 5.69 Å². The number of rotatable bonds is 6. The molecule has 2 aromatic carbocycles. The van der Waals surface area contributed by atoms with Gasteiger partial charge in [-0.3, -0.25) is 9.59 Å². The fourth-order valence-corrected chi connectivity index (χ4v) is 2.33. The summed E-state index contributed by atoms with van der Waals surface area (Å²) in [5.74, 6) is -2.81. The Morgan fingerprint density at radius 3 is 2.38 bits per heavy atom. The molecule has 1 unspecified atom stereocenters. The summed E-state index contributed by atoms with van der Waals surface area (Å²) in [6.45, 7) is 0.238. The molecule has 26 heavy (non-hydrogen) atoms. The number of ketones is 1. The van der Waals surface area contributed by atoms with E-state index in [1.165, 1.54) is 11.0 Å². The highest BCUT2D eigenvalue weighted by molar-refractivity contribution is 6.11. The first-order chi connectivity index (χ1) is 12.7. The number of amides is 1. The van der Waals surface area contributed by atoms with Crippen LogP contribution in [0.3, 0.4) is 0 Å². The zero-order valence-electron chi connectivity index (χ0n) is 13.7. The summed E-state index contributed by atoms with van der Waals surface area (Å²) in [6.07, 6.45) is 1.25. The molecule has 0 spiro atoms. The number of carbonyl (C=O) groups is 2. The molecule has 0 saturated carbocycles. The molecule has 0 radical (unpaired) electrons. The molecule has 1 aromatic heterocycles. The van der Waals surface area contributed by atoms with Gasteiger partial charge in [0.15, 0.2) is 11.6 Å². The van der Waals surface area contributed by atoms with Gasteiger partial charge in [0.05, 0.1) is 18.0 Å². The van der Waals surface area contributed by atoms with Crippen molar-refractivity contribution >= 4 is 11.7 Å². The molecule has 7 heteroatoms. The van der Waals surface area contributed by atoms with Crippen LogP contribution in [-0.2, 0) is 11.3 Å². The first-order valence-electron chi connectivity index (χ1n) is 7.92. The predicted octanol–water partition coefficient (Wildman–Crippen LogP) is 1.91. The van der Waals surface area contributed by atoms with Crippen LogP contribution in [0.15, 0.2) is 66.9 Å². The van der Waals surface area contributed by atoms with E-state index in [2.05, 4.69) is 15.5 Å². The highest BCUT2D eigenvalue weighted by atomic mass is 16.2. The molecule has 7 nitrogen and oxygen atoms in total. The van der Waals surface area contributed by atoms with Crippen molar-refractivity contribution in [2.24, 2.45) is 5.92 Å². The highest BCUT2D eigenvalue weighted by Crippen LogP contribution is 2.09. The van der Waals surface area contributed by atoms with E-state index in [-0.39, 0.29) is 12.2 Å². The summed E-state index contributed by atoms with van der Waals surface area (Å²) in [5.41, 5.74) is 1.52. The number of nitrogens with zero attached hydrogens (tertiary/aromatic N) is 4. The molecule has 1 atom stereocenters. The lowest BCUT2D eigenvalue weighted by atomic mass is 10.0. The van der Waals surface area contributed by atoms with Crippen molar-refractivity contribution < 1.29 is 9.59 Å². The van der Waals surface area contributed by atoms with E-state index in [4.69, 9.17) is 0 Å². The maximum absolute atomic E-state index is 12.5. The lowest BCUT2D eigenvalue weighted by Crippen LogP contribution is -2.34. The van der Waals surface area contributed by atoms with Gasteiger partial charge in [-0.2, -0.15) is 15.2 Å². The highest BCUT2D eigenvalue weighted by Gasteiger charge is 2.29. The van der Waals surface area contributed by atoms with Gasteiger partial charge in [0.25, 0.3) is 0 Å². The number of nitriles is 1. The van der Waals surface area contributed by atoms with E-state index >= 15 is 0 Å². The average Bonchev–Trinajstić information content (AvgIpc) is 3.18. The van der Waals surface area contributed by atoms with Gasteiger partial charge in [-0.05, 0) is 17.7 Å². The lowest BCUT2D eigenvalue weighted by Gasteiger charge is -2.08. The number of nitrogens with one attached hydrogen (secondary N) is 1. The number of benzene rings is 2. The maximum atomic E-state index is 12.5. The molecular weight excluding hydrogens is 330 g/mol. The standard InChI is InChI=1S/C19H15N5O2/c20-11-16(19(26)21-12-14-7-3-1-4-8-14)18(25)17-13-22-24(23-17)15-9-5-2-6-10-15/h1-10,13,16H,12H2,(H,21,26). The Hall–Kier alpha value is -3.79. The van der Waals surface area contributed by atoms with Gasteiger partial charge in [-0.15, -0.1) is 5.10 Å². The van der Waals surface area contributed by atoms with E-state index in [1.54, 1.807) is 18.2 Å². The molecular formula is C19H15N5O2. The van der Waals surface area contributed by atoms with E-state index < -0.39 is 17.6 Å². The zero-order chi connectivity index (χ0) is 18.4. The van der Waals surface area contributed by atoms with Crippen LogP contribution < -0.4 is 5.32 Å². The van der Waals surface area contributed by atoms with Crippen molar-refractivity contribution in [2.45, 2.75) is 6.54 Å². The van der Waals surface area contributed by atoms with Crippen molar-refractivity contribution in [3.8, 4) is 11.8 Å². The van der Waals surface area contributed by atoms with Crippen LogP contribution in [-0.4, -0.2) is 26.7 Å². The molecule has 0 saturated heterocycles. The molecule has 1 heterocycles. The Labute approximate surface area is 149 Å². The summed E-state index contributed by atoms with van der Waals surface area (Å²) in [4.78, 5) is 26.0. The van der Waals surface area contributed by atoms with Gasteiger partial charge >= 0.3 is 0 Å². The van der Waals surface area contributed by atoms with Gasteiger partial charge in [0.2, 0.25) is 11.7 Å². The monoisotopic (exact) mass is 345 g/mol. The third-order valence-corrected chi connectivity index (χ3v) is 3.69. The third kappa shape index (κ3) is 3.82. The Bertz CT molecular complexity index is 945. The SMILES string of the molecule is N#CC(C(=O)NCc1ccccc1)C(=O)c1cnn(-c2ccccc2)n1. The third-order valence-electron chi connectivity index (χ3n) is 3.69. The second-order valence-corrected chi connectivity index (χ2v) is 5.48. The minimum Gasteiger partial charge on any atom is -0.350 e. The quantitative estimate of drug-likeness (QED) is 0.543. The molecule has 3 rings (SSSR count). The molecule has 0 aliphatic rings. The lowest BCUT2D eigenvalue weighted by molar-refractivity contribution is -0.122. The first-order valence-corrected chi connectivity index (χ1v) is 7.92. The molecule has 1 N–H and O–H groups in total. The fourth-order valence-electron chi connectivity index (χ4n) is 2.33. The van der Waals surface area contributed by atoms with Gasteiger partial charge < -0.3 is 5.32 Å². The first kappa shape index (κ1) is 17.0. The zero-order valence-corrected chi connectivity index (χ0v) is 13.7. The Morgan fingerprint density at radius 2 is 1.73 bits per heavy atom. The van der Waals surface area contributed by atoms with Crippen molar-refractivity contribution in [1.82, 2.24) is 20.3 Å². The largest absolute Gasteiger partial charge is 0.350 e. The van der Waals surface area contributed by atoms with Gasteiger partial charge in [0, 0.05) is 6.54 Å². The molecule has 1 amide bonds. The van der Waals surface area contributed by atoms with E-state index in [0.717, 1.165) is 5.56 Å². The van der Waals surface area contributed by atoms with Gasteiger partial charge in [0.1, 0.15) is 0 Å². The Kier molecular flexibility index (Phi) is 5.15. The minimum atomic E-state index is -1.47. The van der Waals surface area contributed by atoms with E-state index in [9.17, 15) is 14.9 Å². The molecule has 0 aliphatic carbocycles. The minimum absolute atomic E-state index is 0.0322. The van der Waals surface area contributed by atoms with Crippen LogP contribution in [0.5, 0.6) is 0 Å².